The van der Waals surface area contributed by atoms with Crippen molar-refractivity contribution >= 4 is 23.0 Å². The number of amides is 1. The van der Waals surface area contributed by atoms with Crippen LogP contribution in [0.1, 0.15) is 58.4 Å². The monoisotopic (exact) mass is 332 g/mol. The predicted octanol–water partition coefficient (Wildman–Crippen LogP) is 2.43. The number of ketones is 1. The molecule has 0 saturated carbocycles. The fourth-order valence-electron chi connectivity index (χ4n) is 2.81. The number of hydrogen-bond acceptors (Lipinski definition) is 5. The van der Waals surface area contributed by atoms with Gasteiger partial charge in [0.2, 0.25) is 5.91 Å². The fraction of sp³-hybridized carbons (Fsp3) is 0.500. The third-order valence-electron chi connectivity index (χ3n) is 4.00. The van der Waals surface area contributed by atoms with Gasteiger partial charge in [-0.2, -0.15) is 0 Å². The van der Waals surface area contributed by atoms with Crippen LogP contribution < -0.4 is 5.32 Å². The molecular formula is C16H20N4O2S. The van der Waals surface area contributed by atoms with E-state index < -0.39 is 0 Å². The number of hydrogen-bond donors (Lipinski definition) is 1. The Morgan fingerprint density at radius 2 is 2.17 bits per heavy atom. The lowest BCUT2D eigenvalue weighted by atomic mass is 10.2. The summed E-state index contributed by atoms with van der Waals surface area (Å²) in [6.45, 7) is 4.78. The number of thiophene rings is 1. The number of fused-ring (bicyclic) bond motifs is 1. The molecule has 3 rings (SSSR count). The fourth-order valence-corrected chi connectivity index (χ4v) is 3.64. The Morgan fingerprint density at radius 1 is 1.35 bits per heavy atom. The molecule has 1 N–H and O–H groups in total. The molecular weight excluding hydrogens is 312 g/mol. The standard InChI is InChI=1S/C16H20N4O2S/c1-10-5-7-13(23-10)12(21)6-8-15(22)17-11(2)16-19-18-14-4-3-9-20(14)16/h5,7,11H,3-4,6,8-9H2,1-2H3,(H,17,22)/t11-/m0/s1. The smallest absolute Gasteiger partial charge is 0.221 e. The van der Waals surface area contributed by atoms with Crippen LogP contribution in [0.5, 0.6) is 0 Å². The van der Waals surface area contributed by atoms with Crippen molar-refractivity contribution in [3.63, 3.8) is 0 Å². The highest BCUT2D eigenvalue weighted by Crippen LogP contribution is 2.20. The summed E-state index contributed by atoms with van der Waals surface area (Å²) >= 11 is 1.47. The Labute approximate surface area is 138 Å². The second-order valence-corrected chi connectivity index (χ2v) is 7.14. The summed E-state index contributed by atoms with van der Waals surface area (Å²) in [7, 11) is 0. The average molecular weight is 332 g/mol. The zero-order valence-electron chi connectivity index (χ0n) is 13.3. The topological polar surface area (TPSA) is 76.9 Å². The zero-order valence-corrected chi connectivity index (χ0v) is 14.2. The molecule has 1 amide bonds. The van der Waals surface area contributed by atoms with Gasteiger partial charge in [-0.1, -0.05) is 0 Å². The van der Waals surface area contributed by atoms with E-state index in [4.69, 9.17) is 0 Å². The first-order valence-corrected chi connectivity index (χ1v) is 8.67. The number of Topliss-reactive ketones (excluding diaryl/α,β-unsaturated/α-hetero) is 1. The number of nitrogens with zero attached hydrogens (tertiary/aromatic N) is 3. The van der Waals surface area contributed by atoms with E-state index in [1.54, 1.807) is 0 Å². The minimum absolute atomic E-state index is 0.0225. The number of nitrogens with one attached hydrogen (secondary N) is 1. The highest BCUT2D eigenvalue weighted by atomic mass is 32.1. The molecule has 0 spiro atoms. The molecule has 6 nitrogen and oxygen atoms in total. The summed E-state index contributed by atoms with van der Waals surface area (Å²) in [4.78, 5) is 25.9. The Kier molecular flexibility index (Phi) is 4.56. The van der Waals surface area contributed by atoms with Crippen molar-refractivity contribution in [2.75, 3.05) is 0 Å². The SMILES string of the molecule is Cc1ccc(C(=O)CCC(=O)N[C@@H](C)c2nnc3n2CCC3)s1. The molecule has 0 radical (unpaired) electrons. The molecule has 122 valence electrons. The van der Waals surface area contributed by atoms with Gasteiger partial charge in [-0.25, -0.2) is 0 Å². The highest BCUT2D eigenvalue weighted by Gasteiger charge is 2.22. The quantitative estimate of drug-likeness (QED) is 0.824. The molecule has 3 heterocycles. The lowest BCUT2D eigenvalue weighted by molar-refractivity contribution is -0.121. The highest BCUT2D eigenvalue weighted by molar-refractivity contribution is 7.14. The van der Waals surface area contributed by atoms with E-state index in [1.807, 2.05) is 26.0 Å². The maximum absolute atomic E-state index is 12.1. The van der Waals surface area contributed by atoms with Gasteiger partial charge in [0.15, 0.2) is 11.6 Å². The number of rotatable bonds is 6. The van der Waals surface area contributed by atoms with Crippen LogP contribution in [0.4, 0.5) is 0 Å². The maximum Gasteiger partial charge on any atom is 0.221 e. The van der Waals surface area contributed by atoms with Crippen LogP contribution in [0.25, 0.3) is 0 Å². The summed E-state index contributed by atoms with van der Waals surface area (Å²) in [5.41, 5.74) is 0. The van der Waals surface area contributed by atoms with Gasteiger partial charge in [0.05, 0.1) is 10.9 Å². The molecule has 1 aliphatic heterocycles. The van der Waals surface area contributed by atoms with Gasteiger partial charge in [0.1, 0.15) is 5.82 Å². The van der Waals surface area contributed by atoms with E-state index >= 15 is 0 Å². The molecule has 7 heteroatoms. The van der Waals surface area contributed by atoms with Gasteiger partial charge in [0.25, 0.3) is 0 Å². The average Bonchev–Trinajstić information content (AvgIpc) is 3.20. The third kappa shape index (κ3) is 3.50. The lowest BCUT2D eigenvalue weighted by Crippen LogP contribution is -2.28. The first-order valence-electron chi connectivity index (χ1n) is 7.85. The molecule has 0 bridgehead atoms. The van der Waals surface area contributed by atoms with E-state index in [0.29, 0.717) is 0 Å². The molecule has 1 atom stereocenters. The predicted molar refractivity (Wildman–Crippen MR) is 87.5 cm³/mol. The molecule has 0 aromatic carbocycles. The van der Waals surface area contributed by atoms with Crippen molar-refractivity contribution in [3.05, 3.63) is 33.5 Å². The van der Waals surface area contributed by atoms with Crippen molar-refractivity contribution in [1.82, 2.24) is 20.1 Å². The molecule has 1 aliphatic rings. The minimum Gasteiger partial charge on any atom is -0.346 e. The van der Waals surface area contributed by atoms with Crippen molar-refractivity contribution in [2.45, 2.75) is 52.1 Å². The van der Waals surface area contributed by atoms with E-state index in [9.17, 15) is 9.59 Å². The second kappa shape index (κ2) is 6.62. The van der Waals surface area contributed by atoms with Crippen LogP contribution in [0.15, 0.2) is 12.1 Å². The van der Waals surface area contributed by atoms with Gasteiger partial charge in [0, 0.05) is 30.7 Å². The van der Waals surface area contributed by atoms with E-state index in [2.05, 4.69) is 20.1 Å². The van der Waals surface area contributed by atoms with Crippen molar-refractivity contribution in [3.8, 4) is 0 Å². The van der Waals surface area contributed by atoms with Crippen LogP contribution in [-0.4, -0.2) is 26.5 Å². The van der Waals surface area contributed by atoms with Crippen LogP contribution >= 0.6 is 11.3 Å². The number of carbonyl (C=O) groups excluding carboxylic acids is 2. The molecule has 0 fully saturated rings. The largest absolute Gasteiger partial charge is 0.346 e. The van der Waals surface area contributed by atoms with Gasteiger partial charge in [-0.15, -0.1) is 21.5 Å². The van der Waals surface area contributed by atoms with E-state index in [-0.39, 0.29) is 30.6 Å². The summed E-state index contributed by atoms with van der Waals surface area (Å²) in [6, 6.07) is 3.55. The van der Waals surface area contributed by atoms with Gasteiger partial charge in [-0.05, 0) is 32.4 Å². The first kappa shape index (κ1) is 15.9. The summed E-state index contributed by atoms with van der Waals surface area (Å²) in [5, 5.41) is 11.2. The molecule has 2 aromatic rings. The molecule has 0 saturated heterocycles. The molecule has 0 aliphatic carbocycles. The van der Waals surface area contributed by atoms with Gasteiger partial charge >= 0.3 is 0 Å². The molecule has 2 aromatic heterocycles. The molecule has 0 unspecified atom stereocenters. The second-order valence-electron chi connectivity index (χ2n) is 5.85. The van der Waals surface area contributed by atoms with Crippen LogP contribution in [-0.2, 0) is 17.8 Å². The van der Waals surface area contributed by atoms with E-state index in [0.717, 1.165) is 40.8 Å². The van der Waals surface area contributed by atoms with Crippen molar-refractivity contribution < 1.29 is 9.59 Å². The van der Waals surface area contributed by atoms with Crippen molar-refractivity contribution in [1.29, 1.82) is 0 Å². The van der Waals surface area contributed by atoms with Crippen LogP contribution in [0.3, 0.4) is 0 Å². The maximum atomic E-state index is 12.1. The summed E-state index contributed by atoms with van der Waals surface area (Å²) in [5.74, 6) is 1.68. The normalized spacial score (nSPS) is 14.5. The number of carbonyl (C=O) groups is 2. The Morgan fingerprint density at radius 3 is 2.91 bits per heavy atom. The third-order valence-corrected chi connectivity index (χ3v) is 5.04. The summed E-state index contributed by atoms with van der Waals surface area (Å²) in [6.07, 6.45) is 2.45. The number of aryl methyl sites for hydroxylation is 2. The van der Waals surface area contributed by atoms with Crippen molar-refractivity contribution in [2.24, 2.45) is 0 Å². The summed E-state index contributed by atoms with van der Waals surface area (Å²) < 4.78 is 2.07. The van der Waals surface area contributed by atoms with E-state index in [1.165, 1.54) is 11.3 Å². The first-order chi connectivity index (χ1) is 11.0. The zero-order chi connectivity index (χ0) is 16.4. The van der Waals surface area contributed by atoms with Gasteiger partial charge < -0.3 is 9.88 Å². The lowest BCUT2D eigenvalue weighted by Gasteiger charge is -2.13. The Bertz CT molecular complexity index is 734. The Hall–Kier alpha value is -2.02. The molecule has 23 heavy (non-hydrogen) atoms. The number of aromatic nitrogens is 3. The Balaban J connectivity index is 1.52. The van der Waals surface area contributed by atoms with Crippen LogP contribution in [0.2, 0.25) is 0 Å². The minimum atomic E-state index is -0.194. The van der Waals surface area contributed by atoms with Gasteiger partial charge in [-0.3, -0.25) is 9.59 Å². The van der Waals surface area contributed by atoms with Crippen LogP contribution in [0, 0.1) is 6.92 Å².